The maximum atomic E-state index is 9.39. The molecule has 3 N–H and O–H groups in total. The molecule has 1 aromatic rings. The van der Waals surface area contributed by atoms with Gasteiger partial charge in [-0.25, -0.2) is 0 Å². The van der Waals surface area contributed by atoms with Crippen LogP contribution in [0.3, 0.4) is 0 Å². The number of rotatable bonds is 3. The molecule has 0 aliphatic carbocycles. The lowest BCUT2D eigenvalue weighted by atomic mass is 10.2. The number of hydrogen-bond acceptors (Lipinski definition) is 3. The first-order chi connectivity index (χ1) is 5.74. The van der Waals surface area contributed by atoms with Crippen LogP contribution in [-0.2, 0) is 5.75 Å². The molecule has 0 saturated heterocycles. The summed E-state index contributed by atoms with van der Waals surface area (Å²) in [4.78, 5) is 0. The fourth-order valence-electron chi connectivity index (χ4n) is 0.933. The molecule has 0 unspecified atom stereocenters. The van der Waals surface area contributed by atoms with Gasteiger partial charge in [0.1, 0.15) is 5.75 Å². The molecule has 0 amide bonds. The zero-order valence-electron chi connectivity index (χ0n) is 7.08. The van der Waals surface area contributed by atoms with Crippen molar-refractivity contribution in [2.45, 2.75) is 12.7 Å². The summed E-state index contributed by atoms with van der Waals surface area (Å²) >= 11 is 1.77. The lowest BCUT2D eigenvalue weighted by molar-refractivity contribution is 0.471. The van der Waals surface area contributed by atoms with Crippen LogP contribution in [0.4, 0.5) is 5.69 Å². The van der Waals surface area contributed by atoms with Crippen molar-refractivity contribution in [2.24, 2.45) is 0 Å². The van der Waals surface area contributed by atoms with Crippen molar-refractivity contribution in [3.8, 4) is 5.75 Å². The molecule has 1 aromatic carbocycles. The van der Waals surface area contributed by atoms with E-state index >= 15 is 0 Å². The predicted octanol–water partition coefficient (Wildman–Crippen LogP) is 2.23. The number of nitrogens with two attached hydrogens (primary N) is 1. The molecule has 1 rings (SSSR count). The average Bonchev–Trinajstić information content (AvgIpc) is 2.07. The molecule has 0 saturated carbocycles. The van der Waals surface area contributed by atoms with Gasteiger partial charge in [0.2, 0.25) is 0 Å². The van der Waals surface area contributed by atoms with Crippen LogP contribution < -0.4 is 5.73 Å². The lowest BCUT2D eigenvalue weighted by Crippen LogP contribution is -1.88. The third-order valence-electron chi connectivity index (χ3n) is 1.57. The Bertz CT molecular complexity index is 263. The van der Waals surface area contributed by atoms with Crippen molar-refractivity contribution in [3.05, 3.63) is 23.8 Å². The van der Waals surface area contributed by atoms with Crippen molar-refractivity contribution < 1.29 is 5.11 Å². The van der Waals surface area contributed by atoms with Crippen LogP contribution >= 0.6 is 11.8 Å². The zero-order valence-corrected chi connectivity index (χ0v) is 7.90. The fourth-order valence-corrected chi connectivity index (χ4v) is 1.59. The molecule has 2 nitrogen and oxygen atoms in total. The molecule has 0 aromatic heterocycles. The van der Waals surface area contributed by atoms with E-state index in [-0.39, 0.29) is 0 Å². The number of benzene rings is 1. The number of nitrogen functional groups attached to an aromatic ring is 1. The Morgan fingerprint density at radius 1 is 1.50 bits per heavy atom. The maximum Gasteiger partial charge on any atom is 0.119 e. The number of thioether (sulfide) groups is 1. The minimum atomic E-state index is 0.338. The van der Waals surface area contributed by atoms with Gasteiger partial charge in [0.05, 0.1) is 0 Å². The van der Waals surface area contributed by atoms with Crippen molar-refractivity contribution in [3.63, 3.8) is 0 Å². The largest absolute Gasteiger partial charge is 0.508 e. The van der Waals surface area contributed by atoms with Gasteiger partial charge in [0, 0.05) is 17.0 Å². The quantitative estimate of drug-likeness (QED) is 0.558. The van der Waals surface area contributed by atoms with E-state index in [1.165, 1.54) is 0 Å². The highest BCUT2D eigenvalue weighted by atomic mass is 32.2. The third-order valence-corrected chi connectivity index (χ3v) is 2.49. The van der Waals surface area contributed by atoms with Gasteiger partial charge in [-0.1, -0.05) is 6.92 Å². The molecule has 0 heterocycles. The number of phenols is 1. The third kappa shape index (κ3) is 2.34. The minimum absolute atomic E-state index is 0.338. The Morgan fingerprint density at radius 2 is 2.25 bits per heavy atom. The highest BCUT2D eigenvalue weighted by Crippen LogP contribution is 2.23. The predicted molar refractivity (Wildman–Crippen MR) is 54.4 cm³/mol. The van der Waals surface area contributed by atoms with Crippen LogP contribution in [-0.4, -0.2) is 10.9 Å². The van der Waals surface area contributed by atoms with Crippen molar-refractivity contribution >= 4 is 17.4 Å². The summed E-state index contributed by atoms with van der Waals surface area (Å²) in [6.07, 6.45) is 0. The number of aromatic hydroxyl groups is 1. The van der Waals surface area contributed by atoms with Crippen LogP contribution in [0.5, 0.6) is 5.75 Å². The molecule has 12 heavy (non-hydrogen) atoms. The van der Waals surface area contributed by atoms with Crippen molar-refractivity contribution in [2.75, 3.05) is 11.5 Å². The van der Waals surface area contributed by atoms with E-state index in [1.54, 1.807) is 23.9 Å². The van der Waals surface area contributed by atoms with Crippen LogP contribution in [0.2, 0.25) is 0 Å². The summed E-state index contributed by atoms with van der Waals surface area (Å²) in [5.74, 6) is 2.21. The lowest BCUT2D eigenvalue weighted by Gasteiger charge is -2.03. The Hall–Kier alpha value is -0.830. The van der Waals surface area contributed by atoms with E-state index in [2.05, 4.69) is 6.92 Å². The Labute approximate surface area is 76.8 Å². The first kappa shape index (κ1) is 9.26. The fraction of sp³-hybridized carbons (Fsp3) is 0.333. The molecular formula is C9H13NOS. The van der Waals surface area contributed by atoms with E-state index in [4.69, 9.17) is 5.73 Å². The summed E-state index contributed by atoms with van der Waals surface area (Å²) in [7, 11) is 0. The first-order valence-electron chi connectivity index (χ1n) is 3.89. The second-order valence-electron chi connectivity index (χ2n) is 2.53. The van der Waals surface area contributed by atoms with Crippen LogP contribution in [0.1, 0.15) is 12.5 Å². The number of hydrogen-bond donors (Lipinski definition) is 2. The van der Waals surface area contributed by atoms with Gasteiger partial charge < -0.3 is 10.8 Å². The highest BCUT2D eigenvalue weighted by molar-refractivity contribution is 7.98. The van der Waals surface area contributed by atoms with E-state index in [0.717, 1.165) is 17.1 Å². The Balaban J connectivity index is 2.75. The van der Waals surface area contributed by atoms with Crippen LogP contribution in [0.15, 0.2) is 18.2 Å². The summed E-state index contributed by atoms with van der Waals surface area (Å²) < 4.78 is 0. The Kier molecular flexibility index (Phi) is 3.29. The molecule has 0 atom stereocenters. The summed E-state index contributed by atoms with van der Waals surface area (Å²) in [5.41, 5.74) is 7.21. The van der Waals surface area contributed by atoms with Gasteiger partial charge in [-0.3, -0.25) is 0 Å². The first-order valence-corrected chi connectivity index (χ1v) is 5.04. The zero-order chi connectivity index (χ0) is 8.97. The number of phenolic OH excluding ortho intramolecular Hbond substituents is 1. The molecule has 0 bridgehead atoms. The number of anilines is 1. The summed E-state index contributed by atoms with van der Waals surface area (Å²) in [6, 6.07) is 5.16. The summed E-state index contributed by atoms with van der Waals surface area (Å²) in [6.45, 7) is 2.09. The van der Waals surface area contributed by atoms with Crippen molar-refractivity contribution in [1.29, 1.82) is 0 Å². The molecule has 0 aliphatic rings. The van der Waals surface area contributed by atoms with Gasteiger partial charge in [-0.15, -0.1) is 0 Å². The topological polar surface area (TPSA) is 46.2 Å². The molecule has 66 valence electrons. The summed E-state index contributed by atoms with van der Waals surface area (Å²) in [5, 5.41) is 9.39. The van der Waals surface area contributed by atoms with Crippen molar-refractivity contribution in [1.82, 2.24) is 0 Å². The SMILES string of the molecule is CCSCc1cc(N)ccc1O. The van der Waals surface area contributed by atoms with E-state index in [0.29, 0.717) is 11.4 Å². The molecule has 0 fully saturated rings. The second kappa shape index (κ2) is 4.26. The van der Waals surface area contributed by atoms with E-state index in [1.807, 2.05) is 6.07 Å². The van der Waals surface area contributed by atoms with Gasteiger partial charge in [-0.05, 0) is 24.0 Å². The van der Waals surface area contributed by atoms with Gasteiger partial charge in [-0.2, -0.15) is 11.8 Å². The second-order valence-corrected chi connectivity index (χ2v) is 3.80. The normalized spacial score (nSPS) is 10.1. The monoisotopic (exact) mass is 183 g/mol. The highest BCUT2D eigenvalue weighted by Gasteiger charge is 2.00. The van der Waals surface area contributed by atoms with Crippen LogP contribution in [0, 0.1) is 0 Å². The van der Waals surface area contributed by atoms with E-state index in [9.17, 15) is 5.11 Å². The maximum absolute atomic E-state index is 9.39. The molecule has 0 spiro atoms. The molecule has 0 aliphatic heterocycles. The average molecular weight is 183 g/mol. The molecule has 0 radical (unpaired) electrons. The molecule has 3 heteroatoms. The van der Waals surface area contributed by atoms with Gasteiger partial charge >= 0.3 is 0 Å². The van der Waals surface area contributed by atoms with Gasteiger partial charge in [0.25, 0.3) is 0 Å². The van der Waals surface area contributed by atoms with E-state index < -0.39 is 0 Å². The van der Waals surface area contributed by atoms with Gasteiger partial charge in [0.15, 0.2) is 0 Å². The standard InChI is InChI=1S/C9H13NOS/c1-2-12-6-7-5-8(10)3-4-9(7)11/h3-5,11H,2,6,10H2,1H3. The molecular weight excluding hydrogens is 170 g/mol. The Morgan fingerprint density at radius 3 is 2.92 bits per heavy atom. The minimum Gasteiger partial charge on any atom is -0.508 e. The van der Waals surface area contributed by atoms with Crippen LogP contribution in [0.25, 0.3) is 0 Å². The smallest absolute Gasteiger partial charge is 0.119 e.